The van der Waals surface area contributed by atoms with Crippen LogP contribution in [0.25, 0.3) is 11.2 Å². The molecule has 210 valence electrons. The lowest BCUT2D eigenvalue weighted by atomic mass is 10.1. The Morgan fingerprint density at radius 3 is 2.67 bits per heavy atom. The van der Waals surface area contributed by atoms with Crippen LogP contribution in [0.4, 0.5) is 14.6 Å². The van der Waals surface area contributed by atoms with Crippen molar-refractivity contribution in [2.24, 2.45) is 0 Å². The molecular formula is C25H28ClF2N5O6. The average Bonchev–Trinajstić information content (AvgIpc) is 3.61. The molecule has 3 saturated heterocycles. The predicted molar refractivity (Wildman–Crippen MR) is 135 cm³/mol. The van der Waals surface area contributed by atoms with Crippen LogP contribution in [0, 0.1) is 11.6 Å². The van der Waals surface area contributed by atoms with Crippen molar-refractivity contribution in [2.45, 2.75) is 31.0 Å². The number of rotatable bonds is 9. The highest BCUT2D eigenvalue weighted by Crippen LogP contribution is 2.31. The Labute approximate surface area is 227 Å². The number of hydrogen-bond acceptors (Lipinski definition) is 10. The molecule has 11 nitrogen and oxygen atoms in total. The Morgan fingerprint density at radius 1 is 1.10 bits per heavy atom. The summed E-state index contributed by atoms with van der Waals surface area (Å²) in [5.74, 6) is -1.15. The summed E-state index contributed by atoms with van der Waals surface area (Å²) in [7, 11) is 0. The van der Waals surface area contributed by atoms with Gasteiger partial charge in [0.05, 0.1) is 37.0 Å². The summed E-state index contributed by atoms with van der Waals surface area (Å²) in [6.07, 6.45) is -1.96. The van der Waals surface area contributed by atoms with Gasteiger partial charge >= 0.3 is 0 Å². The number of morpholine rings is 1. The number of anilines is 1. The molecule has 0 bridgehead atoms. The highest BCUT2D eigenvalue weighted by atomic mass is 35.5. The van der Waals surface area contributed by atoms with Gasteiger partial charge in [-0.15, -0.1) is 0 Å². The van der Waals surface area contributed by atoms with Crippen molar-refractivity contribution in [1.29, 1.82) is 0 Å². The maximum atomic E-state index is 14.8. The highest BCUT2D eigenvalue weighted by molar-refractivity contribution is 6.33. The lowest BCUT2D eigenvalue weighted by Gasteiger charge is -2.26. The molecule has 4 atom stereocenters. The second-order valence-corrected chi connectivity index (χ2v) is 9.98. The molecule has 0 spiro atoms. The fraction of sp³-hybridized carbons (Fsp3) is 0.520. The van der Waals surface area contributed by atoms with E-state index in [1.54, 1.807) is 6.07 Å². The summed E-state index contributed by atoms with van der Waals surface area (Å²) in [6, 6.07) is 4.11. The minimum absolute atomic E-state index is 0.125. The van der Waals surface area contributed by atoms with Gasteiger partial charge < -0.3 is 39.1 Å². The zero-order valence-electron chi connectivity index (χ0n) is 20.9. The zero-order chi connectivity index (χ0) is 26.9. The van der Waals surface area contributed by atoms with Gasteiger partial charge in [0.2, 0.25) is 0 Å². The first-order valence-electron chi connectivity index (χ1n) is 12.7. The molecule has 3 aliphatic heterocycles. The molecule has 14 heteroatoms. The topological polar surface area (TPSA) is 123 Å². The molecule has 3 aromatic rings. The molecular weight excluding hydrogens is 540 g/mol. The third-order valence-corrected chi connectivity index (χ3v) is 7.27. The Morgan fingerprint density at radius 2 is 1.87 bits per heavy atom. The second kappa shape index (κ2) is 11.4. The average molecular weight is 568 g/mol. The third kappa shape index (κ3) is 5.74. The number of halogens is 3. The fourth-order valence-electron chi connectivity index (χ4n) is 4.89. The number of nitrogens with one attached hydrogen (secondary N) is 2. The van der Waals surface area contributed by atoms with Gasteiger partial charge in [0.1, 0.15) is 48.1 Å². The van der Waals surface area contributed by atoms with Crippen LogP contribution >= 0.6 is 11.6 Å². The smallest absolute Gasteiger partial charge is 0.296 e. The molecule has 0 saturated carbocycles. The quantitative estimate of drug-likeness (QED) is 0.354. The maximum Gasteiger partial charge on any atom is 0.296 e. The number of nitrogens with zero attached hydrogens (tertiary/aromatic N) is 3. The standard InChI is InChI=1S/C25H28ClF2N5O6/c26-15-9-18-24(32-25(30-18)39-20-12-38-21-19(34)11-37-22(20)21)31-23(15)29-10-14-16(27)7-13(8-17(14)28)36-6-3-33-1-4-35-5-2-33/h7-9,19-22,34H,1-6,10-12H2,(H2,29,30,31,32)/t19-,20-,21-,22-/m1/s1. The van der Waals surface area contributed by atoms with Gasteiger partial charge in [0, 0.05) is 43.9 Å². The number of ether oxygens (including phenoxy) is 5. The van der Waals surface area contributed by atoms with Gasteiger partial charge in [-0.3, -0.25) is 4.90 Å². The molecule has 3 aliphatic rings. The predicted octanol–water partition coefficient (Wildman–Crippen LogP) is 2.12. The van der Waals surface area contributed by atoms with Crippen molar-refractivity contribution in [3.63, 3.8) is 0 Å². The monoisotopic (exact) mass is 567 g/mol. The Bertz CT molecular complexity index is 1300. The van der Waals surface area contributed by atoms with Crippen LogP contribution in [-0.4, -0.2) is 102 Å². The normalized spacial score (nSPS) is 25.2. The van der Waals surface area contributed by atoms with E-state index in [-0.39, 0.29) is 47.9 Å². The van der Waals surface area contributed by atoms with Crippen LogP contribution in [0.5, 0.6) is 11.8 Å². The van der Waals surface area contributed by atoms with Gasteiger partial charge in [-0.2, -0.15) is 4.98 Å². The van der Waals surface area contributed by atoms with Crippen LogP contribution in [-0.2, 0) is 20.8 Å². The first-order chi connectivity index (χ1) is 18.9. The molecule has 0 amide bonds. The molecule has 3 N–H and O–H groups in total. The van der Waals surface area contributed by atoms with Crippen LogP contribution in [0.2, 0.25) is 5.02 Å². The number of fused-ring (bicyclic) bond motifs is 2. The molecule has 5 heterocycles. The number of aromatic nitrogens is 3. The van der Waals surface area contributed by atoms with Crippen molar-refractivity contribution < 1.29 is 37.6 Å². The van der Waals surface area contributed by atoms with Crippen LogP contribution in [0.1, 0.15) is 5.56 Å². The van der Waals surface area contributed by atoms with E-state index in [9.17, 15) is 13.9 Å². The van der Waals surface area contributed by atoms with Gasteiger partial charge in [0.25, 0.3) is 6.01 Å². The molecule has 3 fully saturated rings. The Kier molecular flexibility index (Phi) is 7.69. The van der Waals surface area contributed by atoms with E-state index in [0.717, 1.165) is 13.1 Å². The number of hydrogen-bond donors (Lipinski definition) is 3. The SMILES string of the molecule is O[C@@H]1CO[C@H]2[C@@H]1OC[C@H]2Oc1nc2nc(NCc3c(F)cc(OCCN4CCOCC4)cc3F)c(Cl)cc2[nH]1. The maximum absolute atomic E-state index is 14.8. The number of pyridine rings is 1. The van der Waals surface area contributed by atoms with E-state index < -0.39 is 36.1 Å². The Balaban J connectivity index is 1.08. The van der Waals surface area contributed by atoms with E-state index in [1.807, 2.05) is 0 Å². The molecule has 0 unspecified atom stereocenters. The summed E-state index contributed by atoms with van der Waals surface area (Å²) in [5, 5.41) is 13.0. The molecule has 1 aromatic carbocycles. The molecule has 39 heavy (non-hydrogen) atoms. The fourth-order valence-corrected chi connectivity index (χ4v) is 5.10. The van der Waals surface area contributed by atoms with Gasteiger partial charge in [-0.1, -0.05) is 11.6 Å². The van der Waals surface area contributed by atoms with E-state index in [1.165, 1.54) is 12.1 Å². The summed E-state index contributed by atoms with van der Waals surface area (Å²) >= 11 is 6.36. The first kappa shape index (κ1) is 26.4. The zero-order valence-corrected chi connectivity index (χ0v) is 21.6. The van der Waals surface area contributed by atoms with Crippen LogP contribution in [0.15, 0.2) is 18.2 Å². The van der Waals surface area contributed by atoms with E-state index >= 15 is 0 Å². The van der Waals surface area contributed by atoms with E-state index in [0.29, 0.717) is 37.5 Å². The molecule has 0 radical (unpaired) electrons. The van der Waals surface area contributed by atoms with Gasteiger partial charge in [-0.05, 0) is 6.07 Å². The summed E-state index contributed by atoms with van der Waals surface area (Å²) in [6.45, 7) is 4.16. The van der Waals surface area contributed by atoms with Crippen LogP contribution < -0.4 is 14.8 Å². The minimum Gasteiger partial charge on any atom is -0.492 e. The van der Waals surface area contributed by atoms with Crippen molar-refractivity contribution in [1.82, 2.24) is 19.9 Å². The number of aliphatic hydroxyl groups excluding tert-OH is 1. The highest BCUT2D eigenvalue weighted by Gasteiger charge is 2.48. The minimum atomic E-state index is -0.743. The molecule has 0 aliphatic carbocycles. The van der Waals surface area contributed by atoms with Gasteiger partial charge in [-0.25, -0.2) is 13.8 Å². The Hall–Kier alpha value is -2.81. The number of imidazole rings is 1. The lowest BCUT2D eigenvalue weighted by molar-refractivity contribution is 0.00706. The van der Waals surface area contributed by atoms with Crippen LogP contribution in [0.3, 0.4) is 0 Å². The molecule has 2 aromatic heterocycles. The van der Waals surface area contributed by atoms with Crippen molar-refractivity contribution in [3.05, 3.63) is 40.4 Å². The summed E-state index contributed by atoms with van der Waals surface area (Å²) in [5.41, 5.74) is 0.637. The number of benzene rings is 1. The molecule has 6 rings (SSSR count). The lowest BCUT2D eigenvalue weighted by Crippen LogP contribution is -2.38. The van der Waals surface area contributed by atoms with E-state index in [2.05, 4.69) is 25.2 Å². The largest absolute Gasteiger partial charge is 0.492 e. The third-order valence-electron chi connectivity index (χ3n) is 6.98. The van der Waals surface area contributed by atoms with Crippen molar-refractivity contribution >= 4 is 28.6 Å². The van der Waals surface area contributed by atoms with Gasteiger partial charge in [0.15, 0.2) is 11.8 Å². The summed E-state index contributed by atoms with van der Waals surface area (Å²) < 4.78 is 57.4. The number of H-pyrrole nitrogens is 1. The van der Waals surface area contributed by atoms with Crippen molar-refractivity contribution in [3.8, 4) is 11.8 Å². The summed E-state index contributed by atoms with van der Waals surface area (Å²) in [4.78, 5) is 13.9. The first-order valence-corrected chi connectivity index (χ1v) is 13.1. The van der Waals surface area contributed by atoms with E-state index in [4.69, 9.17) is 35.3 Å². The number of aliphatic hydroxyl groups is 1. The van der Waals surface area contributed by atoms with Crippen molar-refractivity contribution in [2.75, 3.05) is 58.0 Å². The number of aromatic amines is 1. The second-order valence-electron chi connectivity index (χ2n) is 9.57.